The predicted molar refractivity (Wildman–Crippen MR) is 99.2 cm³/mol. The fourth-order valence-electron chi connectivity index (χ4n) is 2.18. The fourth-order valence-corrected chi connectivity index (χ4v) is 3.26. The van der Waals surface area contributed by atoms with E-state index in [4.69, 9.17) is 21.1 Å². The van der Waals surface area contributed by atoms with Gasteiger partial charge in [-0.25, -0.2) is 9.97 Å². The number of rotatable bonds is 6. The van der Waals surface area contributed by atoms with Gasteiger partial charge in [-0.15, -0.1) is 0 Å². The minimum Gasteiger partial charge on any atom is -0.494 e. The van der Waals surface area contributed by atoms with E-state index in [9.17, 15) is 4.79 Å². The Bertz CT molecular complexity index is 913. The molecular formula is C17H16ClN3O3S. The van der Waals surface area contributed by atoms with E-state index in [0.717, 1.165) is 16.0 Å². The molecule has 0 saturated carbocycles. The van der Waals surface area contributed by atoms with Crippen molar-refractivity contribution in [2.45, 2.75) is 13.8 Å². The molecule has 0 saturated heterocycles. The average Bonchev–Trinajstić information content (AvgIpc) is 2.98. The van der Waals surface area contributed by atoms with Crippen LogP contribution in [0.15, 0.2) is 30.3 Å². The lowest BCUT2D eigenvalue weighted by molar-refractivity contribution is 0.102. The highest BCUT2D eigenvalue weighted by Gasteiger charge is 2.16. The van der Waals surface area contributed by atoms with Crippen molar-refractivity contribution >= 4 is 44.2 Å². The van der Waals surface area contributed by atoms with Crippen LogP contribution in [-0.2, 0) is 0 Å². The summed E-state index contributed by atoms with van der Waals surface area (Å²) in [5.41, 5.74) is 0.882. The maximum Gasteiger partial charge on any atom is 0.277 e. The molecule has 2 heterocycles. The predicted octanol–water partition coefficient (Wildman–Crippen LogP) is 4.39. The zero-order valence-corrected chi connectivity index (χ0v) is 15.3. The highest BCUT2D eigenvalue weighted by Crippen LogP contribution is 2.30. The van der Waals surface area contributed by atoms with Gasteiger partial charge in [-0.1, -0.05) is 22.9 Å². The molecule has 3 aromatic rings. The Morgan fingerprint density at radius 1 is 1.16 bits per heavy atom. The van der Waals surface area contributed by atoms with Crippen LogP contribution in [0, 0.1) is 0 Å². The molecule has 3 rings (SSSR count). The van der Waals surface area contributed by atoms with E-state index in [1.165, 1.54) is 11.3 Å². The molecule has 0 spiro atoms. The van der Waals surface area contributed by atoms with Crippen molar-refractivity contribution in [2.75, 3.05) is 18.5 Å². The summed E-state index contributed by atoms with van der Waals surface area (Å²) in [4.78, 5) is 21.0. The number of benzene rings is 1. The van der Waals surface area contributed by atoms with Gasteiger partial charge in [0.25, 0.3) is 5.91 Å². The molecule has 1 amide bonds. The summed E-state index contributed by atoms with van der Waals surface area (Å²) in [6.45, 7) is 4.81. The lowest BCUT2D eigenvalue weighted by Gasteiger charge is -2.06. The van der Waals surface area contributed by atoms with Crippen LogP contribution in [0.4, 0.5) is 5.13 Å². The maximum absolute atomic E-state index is 12.5. The Hall–Kier alpha value is -2.38. The number of halogens is 1. The van der Waals surface area contributed by atoms with E-state index < -0.39 is 5.91 Å². The highest BCUT2D eigenvalue weighted by molar-refractivity contribution is 7.22. The molecule has 0 bridgehead atoms. The quantitative estimate of drug-likeness (QED) is 0.689. The first-order valence-corrected chi connectivity index (χ1v) is 8.94. The number of amides is 1. The second-order valence-electron chi connectivity index (χ2n) is 4.95. The minimum atomic E-state index is -0.435. The van der Waals surface area contributed by atoms with Crippen molar-refractivity contribution in [3.8, 4) is 11.6 Å². The number of carbonyl (C=O) groups is 1. The SMILES string of the molecule is CCOc1ccc2nc(NC(=O)c3nc(OCC)ccc3Cl)sc2c1. The Morgan fingerprint density at radius 3 is 2.72 bits per heavy atom. The Balaban J connectivity index is 1.83. The van der Waals surface area contributed by atoms with Crippen molar-refractivity contribution in [3.05, 3.63) is 41.0 Å². The molecule has 1 aromatic carbocycles. The molecule has 0 fully saturated rings. The third-order valence-electron chi connectivity index (χ3n) is 3.22. The first-order valence-electron chi connectivity index (χ1n) is 7.74. The van der Waals surface area contributed by atoms with E-state index >= 15 is 0 Å². The van der Waals surface area contributed by atoms with Gasteiger partial charge in [-0.3, -0.25) is 10.1 Å². The average molecular weight is 378 g/mol. The number of hydrogen-bond donors (Lipinski definition) is 1. The number of ether oxygens (including phenoxy) is 2. The maximum atomic E-state index is 12.5. The smallest absolute Gasteiger partial charge is 0.277 e. The van der Waals surface area contributed by atoms with Crippen molar-refractivity contribution in [1.82, 2.24) is 9.97 Å². The van der Waals surface area contributed by atoms with Crippen LogP contribution in [0.3, 0.4) is 0 Å². The minimum absolute atomic E-state index is 0.0990. The van der Waals surface area contributed by atoms with Crippen LogP contribution in [0.5, 0.6) is 11.6 Å². The van der Waals surface area contributed by atoms with Gasteiger partial charge >= 0.3 is 0 Å². The van der Waals surface area contributed by atoms with Gasteiger partial charge in [-0.05, 0) is 38.1 Å². The molecule has 0 aliphatic carbocycles. The largest absolute Gasteiger partial charge is 0.494 e. The molecule has 0 radical (unpaired) electrons. The summed E-state index contributed by atoms with van der Waals surface area (Å²) in [7, 11) is 0. The molecule has 8 heteroatoms. The third kappa shape index (κ3) is 4.00. The number of anilines is 1. The van der Waals surface area contributed by atoms with Crippen LogP contribution in [0.1, 0.15) is 24.3 Å². The second kappa shape index (κ2) is 7.67. The van der Waals surface area contributed by atoms with Crippen LogP contribution < -0.4 is 14.8 Å². The fraction of sp³-hybridized carbons (Fsp3) is 0.235. The van der Waals surface area contributed by atoms with Crippen LogP contribution in [-0.4, -0.2) is 29.1 Å². The second-order valence-corrected chi connectivity index (χ2v) is 6.39. The first kappa shape index (κ1) is 17.4. The Morgan fingerprint density at radius 2 is 1.96 bits per heavy atom. The van der Waals surface area contributed by atoms with E-state index in [2.05, 4.69) is 15.3 Å². The number of nitrogens with zero attached hydrogens (tertiary/aromatic N) is 2. The molecule has 6 nitrogen and oxygen atoms in total. The van der Waals surface area contributed by atoms with Crippen molar-refractivity contribution in [2.24, 2.45) is 0 Å². The van der Waals surface area contributed by atoms with Crippen LogP contribution in [0.25, 0.3) is 10.2 Å². The van der Waals surface area contributed by atoms with Gasteiger partial charge in [0.1, 0.15) is 5.75 Å². The van der Waals surface area contributed by atoms with Crippen molar-refractivity contribution in [3.63, 3.8) is 0 Å². The summed E-state index contributed by atoms with van der Waals surface area (Å²) in [6, 6.07) is 8.80. The van der Waals surface area contributed by atoms with Crippen LogP contribution in [0.2, 0.25) is 5.02 Å². The van der Waals surface area contributed by atoms with Crippen LogP contribution >= 0.6 is 22.9 Å². The molecule has 2 aromatic heterocycles. The highest BCUT2D eigenvalue weighted by atomic mass is 35.5. The van der Waals surface area contributed by atoms with Gasteiger partial charge in [0.05, 0.1) is 28.5 Å². The number of pyridine rings is 1. The number of aromatic nitrogens is 2. The monoisotopic (exact) mass is 377 g/mol. The molecular weight excluding hydrogens is 362 g/mol. The first-order chi connectivity index (χ1) is 12.1. The van der Waals surface area contributed by atoms with E-state index in [1.807, 2.05) is 32.0 Å². The molecule has 0 aliphatic rings. The van der Waals surface area contributed by atoms with Gasteiger partial charge in [-0.2, -0.15) is 0 Å². The van der Waals surface area contributed by atoms with E-state index in [-0.39, 0.29) is 10.7 Å². The number of hydrogen-bond acceptors (Lipinski definition) is 6. The van der Waals surface area contributed by atoms with Gasteiger partial charge in [0.2, 0.25) is 5.88 Å². The van der Waals surface area contributed by atoms with Crippen molar-refractivity contribution < 1.29 is 14.3 Å². The Labute approximate surface area is 153 Å². The molecule has 1 N–H and O–H groups in total. The normalized spacial score (nSPS) is 10.7. The van der Waals surface area contributed by atoms with E-state index in [0.29, 0.717) is 24.2 Å². The Kier molecular flexibility index (Phi) is 5.35. The molecule has 130 valence electrons. The van der Waals surface area contributed by atoms with E-state index in [1.54, 1.807) is 12.1 Å². The summed E-state index contributed by atoms with van der Waals surface area (Å²) >= 11 is 7.43. The van der Waals surface area contributed by atoms with Crippen molar-refractivity contribution in [1.29, 1.82) is 0 Å². The number of fused-ring (bicyclic) bond motifs is 1. The molecule has 0 atom stereocenters. The zero-order valence-electron chi connectivity index (χ0n) is 13.7. The molecule has 0 unspecified atom stereocenters. The third-order valence-corrected chi connectivity index (χ3v) is 4.46. The number of carbonyl (C=O) groups excluding carboxylic acids is 1. The summed E-state index contributed by atoms with van der Waals surface area (Å²) < 4.78 is 11.7. The number of nitrogens with one attached hydrogen (secondary N) is 1. The zero-order chi connectivity index (χ0) is 17.8. The molecule has 0 aliphatic heterocycles. The standard InChI is InChI=1S/C17H16ClN3O3S/c1-3-23-10-5-7-12-13(9-10)25-17(19-12)21-16(22)15-11(18)6-8-14(20-15)24-4-2/h5-9H,3-4H2,1-2H3,(H,19,21,22). The van der Waals surface area contributed by atoms with Gasteiger partial charge in [0, 0.05) is 6.07 Å². The number of thiazole rings is 1. The van der Waals surface area contributed by atoms with Gasteiger partial charge in [0.15, 0.2) is 10.8 Å². The summed E-state index contributed by atoms with van der Waals surface area (Å²) in [6.07, 6.45) is 0. The van der Waals surface area contributed by atoms with Gasteiger partial charge < -0.3 is 9.47 Å². The topological polar surface area (TPSA) is 73.3 Å². The summed E-state index contributed by atoms with van der Waals surface area (Å²) in [5.74, 6) is 0.684. The molecule has 25 heavy (non-hydrogen) atoms. The lowest BCUT2D eigenvalue weighted by atomic mass is 10.3. The lowest BCUT2D eigenvalue weighted by Crippen LogP contribution is -2.14. The summed E-state index contributed by atoms with van der Waals surface area (Å²) in [5, 5.41) is 3.45.